The maximum atomic E-state index is 12.2. The molecule has 1 aromatic heterocycles. The third kappa shape index (κ3) is 3.36. The average molecular weight is 353 g/mol. The van der Waals surface area contributed by atoms with E-state index in [0.717, 1.165) is 11.0 Å². The Kier molecular flexibility index (Phi) is 4.50. The van der Waals surface area contributed by atoms with E-state index < -0.39 is 12.2 Å². The Morgan fingerprint density at radius 1 is 1.15 bits per heavy atom. The van der Waals surface area contributed by atoms with Crippen molar-refractivity contribution in [2.24, 2.45) is 0 Å². The van der Waals surface area contributed by atoms with Crippen LogP contribution >= 0.6 is 0 Å². The van der Waals surface area contributed by atoms with Crippen molar-refractivity contribution in [1.82, 2.24) is 5.32 Å². The fraction of sp³-hybridized carbons (Fsp3) is 0.250. The lowest BCUT2D eigenvalue weighted by molar-refractivity contribution is -0.130. The number of nitrogens with one attached hydrogen (secondary N) is 1. The van der Waals surface area contributed by atoms with Crippen molar-refractivity contribution in [3.05, 3.63) is 60.4 Å². The normalized spacial score (nSPS) is 17.0. The van der Waals surface area contributed by atoms with Crippen molar-refractivity contribution in [2.45, 2.75) is 18.6 Å². The number of para-hydroxylation sites is 3. The molecule has 3 aromatic rings. The Bertz CT molecular complexity index is 886. The molecule has 0 fully saturated rings. The molecule has 0 bridgehead atoms. The molecule has 0 aliphatic carbocycles. The van der Waals surface area contributed by atoms with Crippen LogP contribution in [0.1, 0.15) is 18.3 Å². The Balaban J connectivity index is 1.29. The van der Waals surface area contributed by atoms with Gasteiger partial charge in [0.15, 0.2) is 11.5 Å². The van der Waals surface area contributed by atoms with Crippen LogP contribution in [0, 0.1) is 0 Å². The number of carbonyl (C=O) groups is 1. The van der Waals surface area contributed by atoms with Gasteiger partial charge in [-0.05, 0) is 30.7 Å². The molecule has 6 heteroatoms. The van der Waals surface area contributed by atoms with E-state index in [1.165, 1.54) is 0 Å². The van der Waals surface area contributed by atoms with Crippen molar-refractivity contribution in [3.8, 4) is 11.5 Å². The number of carbonyl (C=O) groups excluding carboxylic acids is 1. The summed E-state index contributed by atoms with van der Waals surface area (Å²) in [6.45, 7) is 0.466. The maximum Gasteiger partial charge on any atom is 0.264 e. The van der Waals surface area contributed by atoms with Gasteiger partial charge in [0.25, 0.3) is 5.91 Å². The minimum absolute atomic E-state index is 0.162. The molecule has 1 aliphatic heterocycles. The molecule has 4 rings (SSSR count). The zero-order chi connectivity index (χ0) is 17.9. The second kappa shape index (κ2) is 7.09. The monoisotopic (exact) mass is 353 g/mol. The number of aliphatic hydroxyl groups excluding tert-OH is 1. The van der Waals surface area contributed by atoms with E-state index in [0.29, 0.717) is 30.2 Å². The number of hydrogen-bond donors (Lipinski definition) is 2. The van der Waals surface area contributed by atoms with Crippen LogP contribution in [-0.2, 0) is 4.79 Å². The van der Waals surface area contributed by atoms with E-state index >= 15 is 0 Å². The smallest absolute Gasteiger partial charge is 0.264 e. The molecule has 1 aliphatic rings. The molecule has 0 saturated carbocycles. The van der Waals surface area contributed by atoms with E-state index in [9.17, 15) is 9.90 Å². The largest absolute Gasteiger partial charge is 0.485 e. The number of benzene rings is 2. The summed E-state index contributed by atoms with van der Waals surface area (Å²) in [5.41, 5.74) is 0.733. The summed E-state index contributed by atoms with van der Waals surface area (Å²) in [5.74, 6) is 1.42. The highest BCUT2D eigenvalue weighted by atomic mass is 16.6. The highest BCUT2D eigenvalue weighted by Crippen LogP contribution is 2.31. The van der Waals surface area contributed by atoms with Gasteiger partial charge in [-0.15, -0.1) is 0 Å². The van der Waals surface area contributed by atoms with Crippen molar-refractivity contribution in [3.63, 3.8) is 0 Å². The predicted octanol–water partition coefficient (Wildman–Crippen LogP) is 2.81. The lowest BCUT2D eigenvalue weighted by Crippen LogP contribution is -2.44. The Morgan fingerprint density at radius 3 is 2.77 bits per heavy atom. The number of ether oxygens (including phenoxy) is 2. The van der Waals surface area contributed by atoms with Gasteiger partial charge in [0.2, 0.25) is 6.10 Å². The SMILES string of the molecule is O=C(NCC[C@@H](O)c1cc2ccccc2o1)[C@@H]1COc2ccccc2O1. The van der Waals surface area contributed by atoms with Crippen molar-refractivity contribution in [1.29, 1.82) is 0 Å². The number of fused-ring (bicyclic) bond motifs is 2. The standard InChI is InChI=1S/C20H19NO5/c22-14(18-11-13-5-1-2-6-15(13)25-18)9-10-21-20(23)19-12-24-16-7-3-4-8-17(16)26-19/h1-8,11,14,19,22H,9-10,12H2,(H,21,23)/t14-,19+/m1/s1. The first-order valence-electron chi connectivity index (χ1n) is 8.53. The van der Waals surface area contributed by atoms with Crippen LogP contribution in [0.3, 0.4) is 0 Å². The van der Waals surface area contributed by atoms with Gasteiger partial charge in [0, 0.05) is 11.9 Å². The topological polar surface area (TPSA) is 80.9 Å². The fourth-order valence-electron chi connectivity index (χ4n) is 2.90. The van der Waals surface area contributed by atoms with Gasteiger partial charge in [0.05, 0.1) is 0 Å². The van der Waals surface area contributed by atoms with Crippen LogP contribution in [-0.4, -0.2) is 30.3 Å². The highest BCUT2D eigenvalue weighted by molar-refractivity contribution is 5.81. The van der Waals surface area contributed by atoms with E-state index in [-0.39, 0.29) is 12.5 Å². The number of rotatable bonds is 5. The third-order valence-corrected chi connectivity index (χ3v) is 4.29. The molecule has 0 saturated heterocycles. The van der Waals surface area contributed by atoms with Crippen molar-refractivity contribution < 1.29 is 23.8 Å². The van der Waals surface area contributed by atoms with Gasteiger partial charge in [0.1, 0.15) is 24.1 Å². The second-order valence-electron chi connectivity index (χ2n) is 6.15. The minimum Gasteiger partial charge on any atom is -0.485 e. The molecule has 0 unspecified atom stereocenters. The zero-order valence-electron chi connectivity index (χ0n) is 14.1. The van der Waals surface area contributed by atoms with E-state index in [2.05, 4.69) is 5.32 Å². The molecule has 2 atom stereocenters. The molecule has 0 radical (unpaired) electrons. The van der Waals surface area contributed by atoms with Crippen LogP contribution in [0.2, 0.25) is 0 Å². The summed E-state index contributed by atoms with van der Waals surface area (Å²) < 4.78 is 16.8. The Hall–Kier alpha value is -2.99. The third-order valence-electron chi connectivity index (χ3n) is 4.29. The lowest BCUT2D eigenvalue weighted by atomic mass is 10.2. The maximum absolute atomic E-state index is 12.2. The number of aliphatic hydroxyl groups is 1. The molecule has 26 heavy (non-hydrogen) atoms. The molecule has 134 valence electrons. The van der Waals surface area contributed by atoms with Gasteiger partial charge >= 0.3 is 0 Å². The van der Waals surface area contributed by atoms with Crippen LogP contribution in [0.4, 0.5) is 0 Å². The van der Waals surface area contributed by atoms with Crippen LogP contribution in [0.15, 0.2) is 59.0 Å². The summed E-state index contributed by atoms with van der Waals surface area (Å²) in [7, 11) is 0. The first kappa shape index (κ1) is 16.5. The van der Waals surface area contributed by atoms with Crippen LogP contribution < -0.4 is 14.8 Å². The van der Waals surface area contributed by atoms with Gasteiger partial charge in [-0.25, -0.2) is 0 Å². The molecule has 0 spiro atoms. The quantitative estimate of drug-likeness (QED) is 0.737. The number of amides is 1. The van der Waals surface area contributed by atoms with Gasteiger partial charge < -0.3 is 24.3 Å². The van der Waals surface area contributed by atoms with Crippen LogP contribution in [0.5, 0.6) is 11.5 Å². The molecular formula is C20H19NO5. The van der Waals surface area contributed by atoms with Crippen LogP contribution in [0.25, 0.3) is 11.0 Å². The fourth-order valence-corrected chi connectivity index (χ4v) is 2.90. The summed E-state index contributed by atoms with van der Waals surface area (Å²) in [6.07, 6.45) is -1.14. The lowest BCUT2D eigenvalue weighted by Gasteiger charge is -2.25. The zero-order valence-corrected chi connectivity index (χ0v) is 14.1. The summed E-state index contributed by atoms with van der Waals surface area (Å²) in [5, 5.41) is 14.0. The molecule has 1 amide bonds. The van der Waals surface area contributed by atoms with E-state index in [1.54, 1.807) is 12.1 Å². The molecule has 2 heterocycles. The highest BCUT2D eigenvalue weighted by Gasteiger charge is 2.27. The number of furan rings is 1. The Morgan fingerprint density at radius 2 is 1.92 bits per heavy atom. The number of hydrogen-bond acceptors (Lipinski definition) is 5. The summed E-state index contributed by atoms with van der Waals surface area (Å²) >= 11 is 0. The molecule has 2 N–H and O–H groups in total. The molecular weight excluding hydrogens is 334 g/mol. The second-order valence-corrected chi connectivity index (χ2v) is 6.15. The summed E-state index contributed by atoms with van der Waals surface area (Å²) in [6, 6.07) is 16.6. The Labute approximate surface area is 150 Å². The van der Waals surface area contributed by atoms with Gasteiger partial charge in [-0.3, -0.25) is 4.79 Å². The average Bonchev–Trinajstić information content (AvgIpc) is 3.12. The molecule has 6 nitrogen and oxygen atoms in total. The predicted molar refractivity (Wildman–Crippen MR) is 95.2 cm³/mol. The molecule has 2 aromatic carbocycles. The van der Waals surface area contributed by atoms with E-state index in [4.69, 9.17) is 13.9 Å². The summed E-state index contributed by atoms with van der Waals surface area (Å²) in [4.78, 5) is 12.2. The first-order chi connectivity index (χ1) is 12.7. The minimum atomic E-state index is -0.785. The van der Waals surface area contributed by atoms with Crippen molar-refractivity contribution >= 4 is 16.9 Å². The van der Waals surface area contributed by atoms with Crippen molar-refractivity contribution in [2.75, 3.05) is 13.2 Å². The first-order valence-corrected chi connectivity index (χ1v) is 8.53. The van der Waals surface area contributed by atoms with Gasteiger partial charge in [-0.2, -0.15) is 0 Å². The van der Waals surface area contributed by atoms with Gasteiger partial charge in [-0.1, -0.05) is 30.3 Å². The van der Waals surface area contributed by atoms with E-state index in [1.807, 2.05) is 42.5 Å².